The minimum absolute atomic E-state index is 0.0189. The summed E-state index contributed by atoms with van der Waals surface area (Å²) < 4.78 is 11.5. The molecule has 0 fully saturated rings. The molecule has 1 aromatic heterocycles. The lowest BCUT2D eigenvalue weighted by Crippen LogP contribution is -2.46. The lowest BCUT2D eigenvalue weighted by molar-refractivity contribution is -0.148. The molecule has 3 rings (SSSR count). The smallest absolute Gasteiger partial charge is 0.408 e. The fraction of sp³-hybridized carbons (Fsp3) is 0.333. The van der Waals surface area contributed by atoms with Crippen molar-refractivity contribution in [1.29, 1.82) is 0 Å². The minimum atomic E-state index is -1.22. The molecule has 9 heteroatoms. The van der Waals surface area contributed by atoms with E-state index in [1.807, 2.05) is 55.5 Å². The molecule has 2 N–H and O–H groups in total. The Bertz CT molecular complexity index is 1140. The van der Waals surface area contributed by atoms with E-state index in [0.29, 0.717) is 5.13 Å². The van der Waals surface area contributed by atoms with Gasteiger partial charge in [-0.3, -0.25) is 4.79 Å². The predicted octanol–water partition coefficient (Wildman–Crippen LogP) is 4.57. The Balaban J connectivity index is 1.67. The molecule has 2 aromatic carbocycles. The number of aryl methyl sites for hydroxylation is 1. The van der Waals surface area contributed by atoms with Gasteiger partial charge in [0.05, 0.1) is 16.6 Å². The molecule has 0 aliphatic carbocycles. The van der Waals surface area contributed by atoms with Crippen LogP contribution in [0.15, 0.2) is 48.5 Å². The van der Waals surface area contributed by atoms with Gasteiger partial charge < -0.3 is 20.1 Å². The molecule has 0 bridgehead atoms. The van der Waals surface area contributed by atoms with Crippen molar-refractivity contribution >= 4 is 44.7 Å². The van der Waals surface area contributed by atoms with Crippen LogP contribution in [-0.4, -0.2) is 34.6 Å². The molecule has 0 unspecified atom stereocenters. The third-order valence-corrected chi connectivity index (χ3v) is 5.31. The SMILES string of the molecule is Cc1ccc2nc(NC(=O)C[C@H](NC(=O)OC(C)(C)C)C(=O)OCc3ccccc3)sc2c1. The van der Waals surface area contributed by atoms with Crippen LogP contribution < -0.4 is 10.6 Å². The molecule has 8 nitrogen and oxygen atoms in total. The number of esters is 1. The highest BCUT2D eigenvalue weighted by Gasteiger charge is 2.28. The molecule has 0 aliphatic rings. The van der Waals surface area contributed by atoms with Gasteiger partial charge in [-0.1, -0.05) is 47.7 Å². The summed E-state index contributed by atoms with van der Waals surface area (Å²) in [5.41, 5.74) is 1.89. The Hall–Kier alpha value is -3.46. The number of nitrogens with one attached hydrogen (secondary N) is 2. The van der Waals surface area contributed by atoms with Crippen molar-refractivity contribution in [3.8, 4) is 0 Å². The number of anilines is 1. The van der Waals surface area contributed by atoms with E-state index >= 15 is 0 Å². The summed E-state index contributed by atoms with van der Waals surface area (Å²) in [6.07, 6.45) is -1.14. The fourth-order valence-electron chi connectivity index (χ4n) is 2.91. The third-order valence-electron chi connectivity index (χ3n) is 4.38. The van der Waals surface area contributed by atoms with E-state index in [-0.39, 0.29) is 13.0 Å². The lowest BCUT2D eigenvalue weighted by Gasteiger charge is -2.22. The number of alkyl carbamates (subject to hydrolysis) is 1. The number of nitrogens with zero attached hydrogens (tertiary/aromatic N) is 1. The van der Waals surface area contributed by atoms with Gasteiger partial charge in [-0.25, -0.2) is 14.6 Å². The van der Waals surface area contributed by atoms with Crippen molar-refractivity contribution in [2.75, 3.05) is 5.32 Å². The third kappa shape index (κ3) is 7.57. The molecule has 0 saturated carbocycles. The summed E-state index contributed by atoms with van der Waals surface area (Å²) in [6.45, 7) is 7.11. The number of fused-ring (bicyclic) bond motifs is 1. The number of amides is 2. The average Bonchev–Trinajstić information content (AvgIpc) is 3.12. The highest BCUT2D eigenvalue weighted by Crippen LogP contribution is 2.26. The van der Waals surface area contributed by atoms with Gasteiger partial charge >= 0.3 is 12.1 Å². The van der Waals surface area contributed by atoms with E-state index in [2.05, 4.69) is 15.6 Å². The number of carbonyl (C=O) groups excluding carboxylic acids is 3. The topological polar surface area (TPSA) is 107 Å². The van der Waals surface area contributed by atoms with Gasteiger partial charge in [-0.05, 0) is 51.0 Å². The summed E-state index contributed by atoms with van der Waals surface area (Å²) in [6, 6.07) is 13.7. The van der Waals surface area contributed by atoms with Gasteiger partial charge in [-0.15, -0.1) is 0 Å². The molecule has 0 saturated heterocycles. The molecule has 3 aromatic rings. The number of thiazole rings is 1. The van der Waals surface area contributed by atoms with Crippen molar-refractivity contribution in [3.63, 3.8) is 0 Å². The van der Waals surface area contributed by atoms with Crippen molar-refractivity contribution < 1.29 is 23.9 Å². The number of rotatable bonds is 7. The van der Waals surface area contributed by atoms with E-state index in [4.69, 9.17) is 9.47 Å². The maximum absolute atomic E-state index is 12.7. The quantitative estimate of drug-likeness (QED) is 0.491. The first kappa shape index (κ1) is 24.2. The Morgan fingerprint density at radius 3 is 2.52 bits per heavy atom. The summed E-state index contributed by atoms with van der Waals surface area (Å²) in [4.78, 5) is 42.0. The summed E-state index contributed by atoms with van der Waals surface area (Å²) >= 11 is 1.33. The van der Waals surface area contributed by atoms with Crippen LogP contribution in [0.3, 0.4) is 0 Å². The number of ether oxygens (including phenoxy) is 2. The van der Waals surface area contributed by atoms with E-state index in [1.165, 1.54) is 11.3 Å². The summed E-state index contributed by atoms with van der Waals surface area (Å²) in [5, 5.41) is 5.56. The van der Waals surface area contributed by atoms with Gasteiger partial charge in [0.1, 0.15) is 18.2 Å². The van der Waals surface area contributed by atoms with Crippen molar-refractivity contribution in [2.45, 2.75) is 52.4 Å². The largest absolute Gasteiger partial charge is 0.459 e. The lowest BCUT2D eigenvalue weighted by atomic mass is 10.2. The Labute approximate surface area is 196 Å². The highest BCUT2D eigenvalue weighted by atomic mass is 32.1. The van der Waals surface area contributed by atoms with Crippen LogP contribution in [-0.2, 0) is 25.7 Å². The number of hydrogen-bond donors (Lipinski definition) is 2. The molecule has 1 atom stereocenters. The standard InChI is InChI=1S/C24H27N3O5S/c1-15-10-11-17-19(12-15)33-22(25-17)27-20(28)13-18(26-23(30)32-24(2,3)4)21(29)31-14-16-8-6-5-7-9-16/h5-12,18H,13-14H2,1-4H3,(H,26,30)(H,25,27,28)/t18-/m0/s1. The zero-order valence-electron chi connectivity index (χ0n) is 19.0. The van der Waals surface area contributed by atoms with Gasteiger partial charge in [0.15, 0.2) is 5.13 Å². The average molecular weight is 470 g/mol. The van der Waals surface area contributed by atoms with Crippen LogP contribution in [0.1, 0.15) is 38.3 Å². The molecule has 0 spiro atoms. The minimum Gasteiger partial charge on any atom is -0.459 e. The highest BCUT2D eigenvalue weighted by molar-refractivity contribution is 7.22. The van der Waals surface area contributed by atoms with Crippen LogP contribution in [0.5, 0.6) is 0 Å². The van der Waals surface area contributed by atoms with Crippen LogP contribution in [0.4, 0.5) is 9.93 Å². The van der Waals surface area contributed by atoms with Crippen molar-refractivity contribution in [1.82, 2.24) is 10.3 Å². The van der Waals surface area contributed by atoms with E-state index < -0.39 is 29.6 Å². The molecule has 33 heavy (non-hydrogen) atoms. The second-order valence-corrected chi connectivity index (χ2v) is 9.57. The second-order valence-electron chi connectivity index (χ2n) is 8.53. The van der Waals surface area contributed by atoms with Crippen LogP contribution in [0.2, 0.25) is 0 Å². The first-order valence-electron chi connectivity index (χ1n) is 10.5. The summed E-state index contributed by atoms with van der Waals surface area (Å²) in [7, 11) is 0. The van der Waals surface area contributed by atoms with Gasteiger partial charge in [0.2, 0.25) is 5.91 Å². The molecule has 0 radical (unpaired) electrons. The van der Waals surface area contributed by atoms with Gasteiger partial charge in [0.25, 0.3) is 0 Å². The molecule has 0 aliphatic heterocycles. The number of hydrogen-bond acceptors (Lipinski definition) is 7. The van der Waals surface area contributed by atoms with E-state index in [0.717, 1.165) is 21.3 Å². The number of benzene rings is 2. The predicted molar refractivity (Wildman–Crippen MR) is 127 cm³/mol. The maximum atomic E-state index is 12.7. The zero-order chi connectivity index (χ0) is 24.0. The van der Waals surface area contributed by atoms with Crippen LogP contribution >= 0.6 is 11.3 Å². The maximum Gasteiger partial charge on any atom is 0.408 e. The van der Waals surface area contributed by atoms with Crippen molar-refractivity contribution in [2.24, 2.45) is 0 Å². The van der Waals surface area contributed by atoms with Gasteiger partial charge in [0, 0.05) is 0 Å². The molecule has 2 amide bonds. The molecular formula is C24H27N3O5S. The molecule has 1 heterocycles. The second kappa shape index (κ2) is 10.4. The first-order valence-corrected chi connectivity index (χ1v) is 11.3. The molecular weight excluding hydrogens is 442 g/mol. The van der Waals surface area contributed by atoms with Crippen LogP contribution in [0, 0.1) is 6.92 Å². The van der Waals surface area contributed by atoms with Gasteiger partial charge in [-0.2, -0.15) is 0 Å². The Morgan fingerprint density at radius 1 is 1.09 bits per heavy atom. The van der Waals surface area contributed by atoms with E-state index in [1.54, 1.807) is 20.8 Å². The Morgan fingerprint density at radius 2 is 1.82 bits per heavy atom. The molecule has 174 valence electrons. The van der Waals surface area contributed by atoms with E-state index in [9.17, 15) is 14.4 Å². The monoisotopic (exact) mass is 469 g/mol. The number of aromatic nitrogens is 1. The van der Waals surface area contributed by atoms with Crippen molar-refractivity contribution in [3.05, 3.63) is 59.7 Å². The first-order chi connectivity index (χ1) is 15.6. The number of carbonyl (C=O) groups is 3. The summed E-state index contributed by atoms with van der Waals surface area (Å²) in [5.74, 6) is -1.22. The normalized spacial score (nSPS) is 12.1. The zero-order valence-corrected chi connectivity index (χ0v) is 19.8. The van der Waals surface area contributed by atoms with Crippen LogP contribution in [0.25, 0.3) is 10.2 Å². The Kier molecular flexibility index (Phi) is 7.65. The fourth-order valence-corrected chi connectivity index (χ4v) is 3.89.